The summed E-state index contributed by atoms with van der Waals surface area (Å²) in [5, 5.41) is 9.66. The highest BCUT2D eigenvalue weighted by Crippen LogP contribution is 2.35. The third kappa shape index (κ3) is 3.21. The Balaban J connectivity index is 3.04. The fourth-order valence-corrected chi connectivity index (χ4v) is 1.52. The standard InChI is InChI=1S/C11H14F3NO/c1-7(15)6-10(16)8-4-2-3-5-9(8)11(12,13)14/h2-5,7,10,16H,6,15H2,1H3. The molecule has 0 amide bonds. The fraction of sp³-hybridized carbons (Fsp3) is 0.455. The SMILES string of the molecule is CC(N)CC(O)c1ccccc1C(F)(F)F. The van der Waals surface area contributed by atoms with E-state index in [0.717, 1.165) is 6.07 Å². The maximum atomic E-state index is 12.6. The van der Waals surface area contributed by atoms with E-state index in [1.54, 1.807) is 6.92 Å². The van der Waals surface area contributed by atoms with Crippen LogP contribution in [0.1, 0.15) is 30.6 Å². The highest BCUT2D eigenvalue weighted by molar-refractivity contribution is 5.31. The Morgan fingerprint density at radius 2 is 1.88 bits per heavy atom. The maximum absolute atomic E-state index is 12.6. The largest absolute Gasteiger partial charge is 0.416 e. The molecule has 0 aliphatic heterocycles. The molecule has 1 rings (SSSR count). The zero-order valence-electron chi connectivity index (χ0n) is 8.83. The third-order valence-electron chi connectivity index (χ3n) is 2.22. The molecule has 0 fully saturated rings. The van der Waals surface area contributed by atoms with E-state index < -0.39 is 17.8 Å². The molecule has 0 aromatic heterocycles. The highest BCUT2D eigenvalue weighted by atomic mass is 19.4. The van der Waals surface area contributed by atoms with E-state index in [2.05, 4.69) is 0 Å². The molecule has 0 saturated heterocycles. The van der Waals surface area contributed by atoms with Gasteiger partial charge in [0.15, 0.2) is 0 Å². The van der Waals surface area contributed by atoms with Gasteiger partial charge in [0, 0.05) is 6.04 Å². The van der Waals surface area contributed by atoms with Crippen molar-refractivity contribution in [3.05, 3.63) is 35.4 Å². The van der Waals surface area contributed by atoms with Crippen LogP contribution in [0.2, 0.25) is 0 Å². The third-order valence-corrected chi connectivity index (χ3v) is 2.22. The zero-order valence-corrected chi connectivity index (χ0v) is 8.83. The predicted molar refractivity (Wildman–Crippen MR) is 54.7 cm³/mol. The molecule has 2 nitrogen and oxygen atoms in total. The van der Waals surface area contributed by atoms with E-state index in [1.165, 1.54) is 18.2 Å². The van der Waals surface area contributed by atoms with Gasteiger partial charge in [-0.3, -0.25) is 0 Å². The van der Waals surface area contributed by atoms with Crippen molar-refractivity contribution in [3.8, 4) is 0 Å². The quantitative estimate of drug-likeness (QED) is 0.842. The first kappa shape index (κ1) is 13.0. The van der Waals surface area contributed by atoms with E-state index in [1.807, 2.05) is 0 Å². The zero-order chi connectivity index (χ0) is 12.3. The number of benzene rings is 1. The van der Waals surface area contributed by atoms with Gasteiger partial charge in [-0.15, -0.1) is 0 Å². The highest BCUT2D eigenvalue weighted by Gasteiger charge is 2.34. The van der Waals surface area contributed by atoms with Crippen LogP contribution in [0, 0.1) is 0 Å². The average Bonchev–Trinajstić information content (AvgIpc) is 2.15. The van der Waals surface area contributed by atoms with E-state index in [-0.39, 0.29) is 18.0 Å². The smallest absolute Gasteiger partial charge is 0.388 e. The van der Waals surface area contributed by atoms with Crippen LogP contribution >= 0.6 is 0 Å². The molecule has 1 aromatic rings. The van der Waals surface area contributed by atoms with E-state index in [4.69, 9.17) is 5.73 Å². The summed E-state index contributed by atoms with van der Waals surface area (Å²) in [6, 6.07) is 4.64. The summed E-state index contributed by atoms with van der Waals surface area (Å²) in [6.07, 6.45) is -5.53. The van der Waals surface area contributed by atoms with Crippen LogP contribution < -0.4 is 5.73 Å². The van der Waals surface area contributed by atoms with Gasteiger partial charge in [-0.05, 0) is 25.0 Å². The number of nitrogens with two attached hydrogens (primary N) is 1. The lowest BCUT2D eigenvalue weighted by atomic mass is 9.98. The van der Waals surface area contributed by atoms with Crippen molar-refractivity contribution in [2.24, 2.45) is 5.73 Å². The van der Waals surface area contributed by atoms with Crippen molar-refractivity contribution >= 4 is 0 Å². The number of alkyl halides is 3. The van der Waals surface area contributed by atoms with Crippen molar-refractivity contribution in [2.75, 3.05) is 0 Å². The molecule has 0 saturated carbocycles. The first-order chi connectivity index (χ1) is 7.32. The average molecular weight is 233 g/mol. The van der Waals surface area contributed by atoms with Gasteiger partial charge in [0.1, 0.15) is 0 Å². The molecule has 3 N–H and O–H groups in total. The minimum absolute atomic E-state index is 0.104. The summed E-state index contributed by atoms with van der Waals surface area (Å²) < 4.78 is 37.8. The summed E-state index contributed by atoms with van der Waals surface area (Å²) in [5.41, 5.74) is 4.53. The number of hydrogen-bond acceptors (Lipinski definition) is 2. The topological polar surface area (TPSA) is 46.2 Å². The Bertz CT molecular complexity index is 349. The minimum atomic E-state index is -4.45. The Kier molecular flexibility index (Phi) is 3.93. The maximum Gasteiger partial charge on any atom is 0.416 e. The lowest BCUT2D eigenvalue weighted by Crippen LogP contribution is -2.20. The molecule has 0 aliphatic rings. The second kappa shape index (κ2) is 4.84. The first-order valence-electron chi connectivity index (χ1n) is 4.92. The van der Waals surface area contributed by atoms with Gasteiger partial charge in [0.25, 0.3) is 0 Å². The van der Waals surface area contributed by atoms with Gasteiger partial charge in [-0.25, -0.2) is 0 Å². The summed E-state index contributed by atoms with van der Waals surface area (Å²) in [5.74, 6) is 0. The van der Waals surface area contributed by atoms with Crippen molar-refractivity contribution in [2.45, 2.75) is 31.7 Å². The Morgan fingerprint density at radius 3 is 2.38 bits per heavy atom. The second-order valence-corrected chi connectivity index (χ2v) is 3.81. The molecule has 1 aromatic carbocycles. The molecule has 0 radical (unpaired) electrons. The molecule has 5 heteroatoms. The molecule has 0 spiro atoms. The van der Waals surface area contributed by atoms with Gasteiger partial charge in [0.2, 0.25) is 0 Å². The Labute approximate surface area is 91.9 Å². The molecule has 0 heterocycles. The van der Waals surface area contributed by atoms with Crippen molar-refractivity contribution in [3.63, 3.8) is 0 Å². The van der Waals surface area contributed by atoms with Gasteiger partial charge in [-0.2, -0.15) is 13.2 Å². The number of aliphatic hydroxyl groups excluding tert-OH is 1. The molecular weight excluding hydrogens is 219 g/mol. The minimum Gasteiger partial charge on any atom is -0.388 e. The molecule has 0 bridgehead atoms. The van der Waals surface area contributed by atoms with Crippen LogP contribution in [0.4, 0.5) is 13.2 Å². The number of rotatable bonds is 3. The molecule has 2 atom stereocenters. The van der Waals surface area contributed by atoms with Crippen LogP contribution in [-0.2, 0) is 6.18 Å². The van der Waals surface area contributed by atoms with E-state index in [0.29, 0.717) is 0 Å². The van der Waals surface area contributed by atoms with Crippen molar-refractivity contribution < 1.29 is 18.3 Å². The lowest BCUT2D eigenvalue weighted by Gasteiger charge is -2.18. The molecule has 0 aliphatic carbocycles. The van der Waals surface area contributed by atoms with E-state index >= 15 is 0 Å². The number of aliphatic hydroxyl groups is 1. The summed E-state index contributed by atoms with van der Waals surface area (Å²) >= 11 is 0. The molecule has 90 valence electrons. The second-order valence-electron chi connectivity index (χ2n) is 3.81. The van der Waals surface area contributed by atoms with Gasteiger partial charge >= 0.3 is 6.18 Å². The Morgan fingerprint density at radius 1 is 1.31 bits per heavy atom. The van der Waals surface area contributed by atoms with Crippen LogP contribution in [0.5, 0.6) is 0 Å². The summed E-state index contributed by atoms with van der Waals surface area (Å²) in [7, 11) is 0. The summed E-state index contributed by atoms with van der Waals surface area (Å²) in [4.78, 5) is 0. The normalized spacial score (nSPS) is 15.9. The van der Waals surface area contributed by atoms with Crippen LogP contribution in [0.3, 0.4) is 0 Å². The first-order valence-corrected chi connectivity index (χ1v) is 4.92. The molecular formula is C11H14F3NO. The molecule has 16 heavy (non-hydrogen) atoms. The van der Waals surface area contributed by atoms with E-state index in [9.17, 15) is 18.3 Å². The van der Waals surface area contributed by atoms with Crippen LogP contribution in [-0.4, -0.2) is 11.1 Å². The van der Waals surface area contributed by atoms with Gasteiger partial charge in [0.05, 0.1) is 11.7 Å². The Hall–Kier alpha value is -1.07. The fourth-order valence-electron chi connectivity index (χ4n) is 1.52. The van der Waals surface area contributed by atoms with Gasteiger partial charge < -0.3 is 10.8 Å². The van der Waals surface area contributed by atoms with Crippen molar-refractivity contribution in [1.82, 2.24) is 0 Å². The van der Waals surface area contributed by atoms with Crippen molar-refractivity contribution in [1.29, 1.82) is 0 Å². The van der Waals surface area contributed by atoms with Crippen LogP contribution in [0.15, 0.2) is 24.3 Å². The number of halogens is 3. The van der Waals surface area contributed by atoms with Gasteiger partial charge in [-0.1, -0.05) is 18.2 Å². The van der Waals surface area contributed by atoms with Crippen LogP contribution in [0.25, 0.3) is 0 Å². The predicted octanol–water partition coefficient (Wildman–Crippen LogP) is 2.48. The molecule has 2 unspecified atom stereocenters. The summed E-state index contributed by atoms with van der Waals surface area (Å²) in [6.45, 7) is 1.64. The number of hydrogen-bond donors (Lipinski definition) is 2. The lowest BCUT2D eigenvalue weighted by molar-refractivity contribution is -0.139. The monoisotopic (exact) mass is 233 g/mol.